The fourth-order valence-electron chi connectivity index (χ4n) is 2.48. The molecule has 0 aromatic carbocycles. The first-order valence-corrected chi connectivity index (χ1v) is 7.81. The molecule has 1 heterocycles. The smallest absolute Gasteiger partial charge is 0.326 e. The van der Waals surface area contributed by atoms with E-state index in [1.807, 2.05) is 20.8 Å². The number of carbonyl (C=O) groups is 3. The summed E-state index contributed by atoms with van der Waals surface area (Å²) in [5, 5.41) is 11.8. The second-order valence-corrected chi connectivity index (χ2v) is 6.79. The molecule has 1 aromatic heterocycles. The molecule has 0 aliphatic heterocycles. The highest BCUT2D eigenvalue weighted by atomic mass is 16.5. The van der Waals surface area contributed by atoms with E-state index >= 15 is 0 Å². The molecule has 0 bridgehead atoms. The van der Waals surface area contributed by atoms with E-state index in [0.29, 0.717) is 16.8 Å². The zero-order valence-electron chi connectivity index (χ0n) is 15.1. The number of aryl methyl sites for hydroxylation is 1. The average Bonchev–Trinajstić information content (AvgIpc) is 2.71. The van der Waals surface area contributed by atoms with Crippen molar-refractivity contribution in [3.05, 3.63) is 22.5 Å². The number of amides is 1. The van der Waals surface area contributed by atoms with E-state index in [2.05, 4.69) is 10.3 Å². The summed E-state index contributed by atoms with van der Waals surface area (Å²) >= 11 is 0. The maximum Gasteiger partial charge on any atom is 0.326 e. The summed E-state index contributed by atoms with van der Waals surface area (Å²) in [6, 6.07) is -1.07. The highest BCUT2D eigenvalue weighted by Crippen LogP contribution is 2.18. The van der Waals surface area contributed by atoms with Crippen molar-refractivity contribution in [1.29, 1.82) is 0 Å². The number of carboxylic acid groups (broad SMARTS) is 1. The maximum atomic E-state index is 12.4. The Kier molecular flexibility index (Phi) is 6.31. The predicted molar refractivity (Wildman–Crippen MR) is 89.5 cm³/mol. The molecular formula is C17H26N2O5. The highest BCUT2D eigenvalue weighted by molar-refractivity contribution is 6.03. The number of rotatable bonds is 7. The van der Waals surface area contributed by atoms with Gasteiger partial charge in [-0.15, -0.1) is 0 Å². The molecule has 24 heavy (non-hydrogen) atoms. The van der Waals surface area contributed by atoms with Crippen LogP contribution in [0.5, 0.6) is 0 Å². The summed E-state index contributed by atoms with van der Waals surface area (Å²) < 4.78 is 5.51. The lowest BCUT2D eigenvalue weighted by atomic mass is 10.1. The van der Waals surface area contributed by atoms with Crippen molar-refractivity contribution < 1.29 is 24.2 Å². The number of hydrogen-bond donors (Lipinski definition) is 3. The van der Waals surface area contributed by atoms with Gasteiger partial charge in [-0.2, -0.15) is 0 Å². The summed E-state index contributed by atoms with van der Waals surface area (Å²) in [6.07, 6.45) is 0.149. The van der Waals surface area contributed by atoms with Gasteiger partial charge in [-0.3, -0.25) is 9.59 Å². The van der Waals surface area contributed by atoms with Gasteiger partial charge in [0.15, 0.2) is 5.78 Å². The van der Waals surface area contributed by atoms with Crippen LogP contribution in [0.1, 0.15) is 66.2 Å². The molecule has 1 aromatic rings. The van der Waals surface area contributed by atoms with Gasteiger partial charge in [0, 0.05) is 24.3 Å². The number of nitrogens with one attached hydrogen (secondary N) is 2. The molecule has 0 saturated carbocycles. The number of hydrogen-bond acceptors (Lipinski definition) is 4. The SMILES string of the molecule is CC(=O)c1c(C)[nH]c(C(=O)NC(CCOC(C)(C)C)C(=O)O)c1C. The van der Waals surface area contributed by atoms with Crippen LogP contribution < -0.4 is 5.32 Å². The summed E-state index contributed by atoms with van der Waals surface area (Å²) in [7, 11) is 0. The summed E-state index contributed by atoms with van der Waals surface area (Å²) in [4.78, 5) is 38.2. The van der Waals surface area contributed by atoms with Gasteiger partial charge in [0.25, 0.3) is 5.91 Å². The number of Topliss-reactive ketones (excluding diaryl/α,β-unsaturated/α-hetero) is 1. The van der Waals surface area contributed by atoms with Crippen LogP contribution >= 0.6 is 0 Å². The Hall–Kier alpha value is -2.15. The molecular weight excluding hydrogens is 312 g/mol. The van der Waals surface area contributed by atoms with Crippen LogP contribution in [-0.2, 0) is 9.53 Å². The van der Waals surface area contributed by atoms with E-state index in [0.717, 1.165) is 0 Å². The summed E-state index contributed by atoms with van der Waals surface area (Å²) in [6.45, 7) is 10.6. The molecule has 1 rings (SSSR count). The fourth-order valence-corrected chi connectivity index (χ4v) is 2.48. The number of ketones is 1. The quantitative estimate of drug-likeness (QED) is 0.661. The summed E-state index contributed by atoms with van der Waals surface area (Å²) in [5.41, 5.74) is 1.40. The van der Waals surface area contributed by atoms with Crippen LogP contribution in [0.15, 0.2) is 0 Å². The van der Waals surface area contributed by atoms with Gasteiger partial charge in [0.2, 0.25) is 0 Å². The molecule has 7 nitrogen and oxygen atoms in total. The third-order valence-corrected chi connectivity index (χ3v) is 3.56. The molecule has 7 heteroatoms. The van der Waals surface area contributed by atoms with Crippen LogP contribution in [0.3, 0.4) is 0 Å². The van der Waals surface area contributed by atoms with E-state index in [1.54, 1.807) is 13.8 Å². The number of aromatic nitrogens is 1. The van der Waals surface area contributed by atoms with Crippen LogP contribution in [0.25, 0.3) is 0 Å². The highest BCUT2D eigenvalue weighted by Gasteiger charge is 2.25. The maximum absolute atomic E-state index is 12.4. The topological polar surface area (TPSA) is 108 Å². The Morgan fingerprint density at radius 1 is 1.25 bits per heavy atom. The molecule has 0 fully saturated rings. The number of ether oxygens (including phenoxy) is 1. The third-order valence-electron chi connectivity index (χ3n) is 3.56. The van der Waals surface area contributed by atoms with Crippen molar-refractivity contribution in [2.45, 2.75) is 59.6 Å². The van der Waals surface area contributed by atoms with Crippen molar-refractivity contribution in [3.8, 4) is 0 Å². The number of H-pyrrole nitrogens is 1. The minimum absolute atomic E-state index is 0.145. The molecule has 0 aliphatic carbocycles. The molecule has 1 atom stereocenters. The van der Waals surface area contributed by atoms with E-state index in [-0.39, 0.29) is 30.1 Å². The monoisotopic (exact) mass is 338 g/mol. The van der Waals surface area contributed by atoms with Gasteiger partial charge in [-0.05, 0) is 47.1 Å². The Bertz CT molecular complexity index is 640. The normalized spacial score (nSPS) is 12.8. The zero-order valence-corrected chi connectivity index (χ0v) is 15.1. The lowest BCUT2D eigenvalue weighted by molar-refractivity contribution is -0.140. The van der Waals surface area contributed by atoms with Crippen LogP contribution in [0, 0.1) is 13.8 Å². The van der Waals surface area contributed by atoms with E-state index in [9.17, 15) is 19.5 Å². The average molecular weight is 338 g/mol. The van der Waals surface area contributed by atoms with Gasteiger partial charge in [-0.1, -0.05) is 0 Å². The van der Waals surface area contributed by atoms with Crippen molar-refractivity contribution in [1.82, 2.24) is 10.3 Å². The second kappa shape index (κ2) is 7.61. The van der Waals surface area contributed by atoms with Gasteiger partial charge in [0.1, 0.15) is 11.7 Å². The fraction of sp³-hybridized carbons (Fsp3) is 0.588. The molecule has 134 valence electrons. The van der Waals surface area contributed by atoms with Gasteiger partial charge < -0.3 is 20.1 Å². The minimum Gasteiger partial charge on any atom is -0.480 e. The molecule has 1 unspecified atom stereocenters. The van der Waals surface area contributed by atoms with Gasteiger partial charge in [0.05, 0.1) is 5.60 Å². The Balaban J connectivity index is 2.85. The largest absolute Gasteiger partial charge is 0.480 e. The third kappa shape index (κ3) is 5.19. The molecule has 3 N–H and O–H groups in total. The van der Waals surface area contributed by atoms with Crippen molar-refractivity contribution in [2.24, 2.45) is 0 Å². The van der Waals surface area contributed by atoms with E-state index in [4.69, 9.17) is 4.74 Å². The number of aliphatic carboxylic acids is 1. The Morgan fingerprint density at radius 3 is 2.25 bits per heavy atom. The van der Waals surface area contributed by atoms with Gasteiger partial charge >= 0.3 is 5.97 Å². The minimum atomic E-state index is -1.13. The summed E-state index contributed by atoms with van der Waals surface area (Å²) in [5.74, 6) is -1.83. The van der Waals surface area contributed by atoms with Crippen molar-refractivity contribution in [2.75, 3.05) is 6.61 Å². The van der Waals surface area contributed by atoms with E-state index < -0.39 is 17.9 Å². The second-order valence-electron chi connectivity index (χ2n) is 6.79. The molecule has 0 saturated heterocycles. The first-order chi connectivity index (χ1) is 10.9. The van der Waals surface area contributed by atoms with Crippen LogP contribution in [0.4, 0.5) is 0 Å². The standard InChI is InChI=1S/C17H26N2O5/c1-9-13(11(3)20)10(2)18-14(9)15(21)19-12(16(22)23)7-8-24-17(4,5)6/h12,18H,7-8H2,1-6H3,(H,19,21)(H,22,23). The van der Waals surface area contributed by atoms with Crippen LogP contribution in [-0.4, -0.2) is 46.0 Å². The van der Waals surface area contributed by atoms with Crippen LogP contribution in [0.2, 0.25) is 0 Å². The van der Waals surface area contributed by atoms with E-state index in [1.165, 1.54) is 6.92 Å². The first-order valence-electron chi connectivity index (χ1n) is 7.81. The lowest BCUT2D eigenvalue weighted by Gasteiger charge is -2.21. The molecule has 0 radical (unpaired) electrons. The van der Waals surface area contributed by atoms with Crippen molar-refractivity contribution >= 4 is 17.7 Å². The molecule has 0 spiro atoms. The molecule has 0 aliphatic rings. The zero-order chi connectivity index (χ0) is 18.7. The Labute approximate surface area is 141 Å². The first kappa shape index (κ1) is 19.9. The predicted octanol–water partition coefficient (Wildman–Crippen LogP) is 2.22. The number of carboxylic acids is 1. The van der Waals surface area contributed by atoms with Gasteiger partial charge in [-0.25, -0.2) is 4.79 Å². The molecule has 1 amide bonds. The number of aromatic amines is 1. The Morgan fingerprint density at radius 2 is 1.83 bits per heavy atom. The number of carbonyl (C=O) groups excluding carboxylic acids is 2. The lowest BCUT2D eigenvalue weighted by Crippen LogP contribution is -2.42. The van der Waals surface area contributed by atoms with Crippen molar-refractivity contribution in [3.63, 3.8) is 0 Å².